The van der Waals surface area contributed by atoms with Crippen LogP contribution in [-0.2, 0) is 6.42 Å². The van der Waals surface area contributed by atoms with Crippen LogP contribution in [0.5, 0.6) is 11.5 Å². The topological polar surface area (TPSA) is 83.7 Å². The van der Waals surface area contributed by atoms with Gasteiger partial charge in [0.15, 0.2) is 5.11 Å². The number of benzene rings is 1. The Bertz CT molecular complexity index is 606. The normalized spacial score (nSPS) is 14.2. The summed E-state index contributed by atoms with van der Waals surface area (Å²) in [7, 11) is 3.27. The lowest BCUT2D eigenvalue weighted by atomic mass is 9.96. The molecule has 2 amide bonds. The molecule has 0 atom stereocenters. The summed E-state index contributed by atoms with van der Waals surface area (Å²) in [5.74, 6) is 1.58. The molecule has 0 radical (unpaired) electrons. The van der Waals surface area contributed by atoms with E-state index in [2.05, 4.69) is 21.5 Å². The molecule has 0 heterocycles. The SMILES string of the molecule is COc1ccc(OC)c(CCNC(=S)NNC(=O)NC2CCCCC2)c1. The molecule has 1 fully saturated rings. The summed E-state index contributed by atoms with van der Waals surface area (Å²) in [5, 5.41) is 6.38. The summed E-state index contributed by atoms with van der Waals surface area (Å²) in [4.78, 5) is 11.9. The van der Waals surface area contributed by atoms with E-state index in [0.29, 0.717) is 18.1 Å². The van der Waals surface area contributed by atoms with E-state index >= 15 is 0 Å². The van der Waals surface area contributed by atoms with Crippen LogP contribution in [0.15, 0.2) is 18.2 Å². The molecule has 4 N–H and O–H groups in total. The van der Waals surface area contributed by atoms with Gasteiger partial charge in [-0.1, -0.05) is 19.3 Å². The van der Waals surface area contributed by atoms with Crippen LogP contribution in [0.1, 0.15) is 37.7 Å². The highest BCUT2D eigenvalue weighted by Gasteiger charge is 2.15. The van der Waals surface area contributed by atoms with E-state index in [1.54, 1.807) is 14.2 Å². The number of rotatable bonds is 6. The van der Waals surface area contributed by atoms with Gasteiger partial charge < -0.3 is 20.1 Å². The third kappa shape index (κ3) is 6.59. The lowest BCUT2D eigenvalue weighted by molar-refractivity contribution is 0.231. The first kappa shape index (κ1) is 20.1. The lowest BCUT2D eigenvalue weighted by Gasteiger charge is -2.23. The maximum atomic E-state index is 11.9. The fraction of sp³-hybridized carbons (Fsp3) is 0.556. The van der Waals surface area contributed by atoms with E-state index in [9.17, 15) is 4.79 Å². The van der Waals surface area contributed by atoms with Crippen molar-refractivity contribution in [2.24, 2.45) is 0 Å². The van der Waals surface area contributed by atoms with Crippen LogP contribution < -0.4 is 31.0 Å². The molecule has 0 unspecified atom stereocenters. The highest BCUT2D eigenvalue weighted by atomic mass is 32.1. The predicted molar refractivity (Wildman–Crippen MR) is 106 cm³/mol. The van der Waals surface area contributed by atoms with Gasteiger partial charge in [-0.15, -0.1) is 0 Å². The number of thiocarbonyl (C=S) groups is 1. The zero-order valence-electron chi connectivity index (χ0n) is 15.4. The monoisotopic (exact) mass is 380 g/mol. The third-order valence-electron chi connectivity index (χ3n) is 4.40. The van der Waals surface area contributed by atoms with Gasteiger partial charge in [-0.2, -0.15) is 0 Å². The molecular weight excluding hydrogens is 352 g/mol. The summed E-state index contributed by atoms with van der Waals surface area (Å²) < 4.78 is 10.6. The Hall–Kier alpha value is -2.22. The number of hydrogen-bond acceptors (Lipinski definition) is 4. The maximum absolute atomic E-state index is 11.9. The second kappa shape index (κ2) is 10.7. The summed E-state index contributed by atoms with van der Waals surface area (Å²) in [6.07, 6.45) is 6.38. The summed E-state index contributed by atoms with van der Waals surface area (Å²) in [5.41, 5.74) is 6.30. The van der Waals surface area contributed by atoms with Gasteiger partial charge in [-0.25, -0.2) is 10.2 Å². The fourth-order valence-electron chi connectivity index (χ4n) is 3.01. The van der Waals surface area contributed by atoms with Crippen molar-refractivity contribution in [1.29, 1.82) is 0 Å². The number of hydrogen-bond donors (Lipinski definition) is 4. The van der Waals surface area contributed by atoms with Crippen molar-refractivity contribution in [2.45, 2.75) is 44.6 Å². The fourth-order valence-corrected chi connectivity index (χ4v) is 3.17. The number of hydrazine groups is 1. The molecule has 0 saturated heterocycles. The Morgan fingerprint density at radius 2 is 1.92 bits per heavy atom. The Balaban J connectivity index is 1.67. The molecule has 0 bridgehead atoms. The minimum atomic E-state index is -0.254. The van der Waals surface area contributed by atoms with Gasteiger partial charge in [0.2, 0.25) is 0 Å². The average Bonchev–Trinajstić information content (AvgIpc) is 2.67. The number of nitrogens with one attached hydrogen (secondary N) is 4. The van der Waals surface area contributed by atoms with Crippen LogP contribution in [0.3, 0.4) is 0 Å². The first-order valence-electron chi connectivity index (χ1n) is 8.93. The number of carbonyl (C=O) groups is 1. The molecule has 1 aliphatic rings. The molecule has 1 aromatic rings. The summed E-state index contributed by atoms with van der Waals surface area (Å²) in [6.45, 7) is 0.598. The summed E-state index contributed by atoms with van der Waals surface area (Å²) in [6, 6.07) is 5.68. The Labute approximate surface area is 160 Å². The van der Waals surface area contributed by atoms with Crippen molar-refractivity contribution < 1.29 is 14.3 Å². The largest absolute Gasteiger partial charge is 0.497 e. The van der Waals surface area contributed by atoms with Gasteiger partial charge in [-0.05, 0) is 55.2 Å². The van der Waals surface area contributed by atoms with Gasteiger partial charge in [0, 0.05) is 12.6 Å². The van der Waals surface area contributed by atoms with Crippen molar-refractivity contribution in [3.63, 3.8) is 0 Å². The van der Waals surface area contributed by atoms with E-state index in [-0.39, 0.29) is 12.1 Å². The first-order valence-corrected chi connectivity index (χ1v) is 9.34. The van der Waals surface area contributed by atoms with E-state index < -0.39 is 0 Å². The highest BCUT2D eigenvalue weighted by Crippen LogP contribution is 2.24. The molecule has 8 heteroatoms. The van der Waals surface area contributed by atoms with Crippen molar-refractivity contribution in [1.82, 2.24) is 21.5 Å². The molecule has 0 spiro atoms. The van der Waals surface area contributed by atoms with Gasteiger partial charge in [0.25, 0.3) is 0 Å². The molecule has 2 rings (SSSR count). The molecule has 144 valence electrons. The van der Waals surface area contributed by atoms with Crippen molar-refractivity contribution in [3.8, 4) is 11.5 Å². The number of carbonyl (C=O) groups excluding carboxylic acids is 1. The minimum absolute atomic E-state index is 0.254. The molecular formula is C18H28N4O3S. The molecule has 1 aliphatic carbocycles. The first-order chi connectivity index (χ1) is 12.6. The van der Waals surface area contributed by atoms with Crippen molar-refractivity contribution >= 4 is 23.4 Å². The standard InChI is InChI=1S/C18H28N4O3S/c1-24-15-8-9-16(25-2)13(12-15)10-11-19-18(26)22-21-17(23)20-14-6-4-3-5-7-14/h8-9,12,14H,3-7,10-11H2,1-2H3,(H2,19,22,26)(H2,20,21,23). The van der Waals surface area contributed by atoms with Crippen LogP contribution in [0, 0.1) is 0 Å². The second-order valence-electron chi connectivity index (χ2n) is 6.24. The molecule has 1 saturated carbocycles. The van der Waals surface area contributed by atoms with Crippen molar-refractivity contribution in [2.75, 3.05) is 20.8 Å². The Morgan fingerprint density at radius 3 is 2.62 bits per heavy atom. The molecule has 1 aromatic carbocycles. The smallest absolute Gasteiger partial charge is 0.333 e. The van der Waals surface area contributed by atoms with Gasteiger partial charge >= 0.3 is 6.03 Å². The lowest BCUT2D eigenvalue weighted by Crippen LogP contribution is -2.52. The number of urea groups is 1. The molecule has 0 aromatic heterocycles. The Morgan fingerprint density at radius 1 is 1.15 bits per heavy atom. The summed E-state index contributed by atoms with van der Waals surface area (Å²) >= 11 is 5.18. The Kier molecular flexibility index (Phi) is 8.27. The maximum Gasteiger partial charge on any atom is 0.333 e. The third-order valence-corrected chi connectivity index (χ3v) is 4.64. The van der Waals surface area contributed by atoms with Crippen molar-refractivity contribution in [3.05, 3.63) is 23.8 Å². The zero-order valence-corrected chi connectivity index (χ0v) is 16.2. The van der Waals surface area contributed by atoms with E-state index in [4.69, 9.17) is 21.7 Å². The minimum Gasteiger partial charge on any atom is -0.497 e. The zero-order chi connectivity index (χ0) is 18.8. The number of ether oxygens (including phenoxy) is 2. The van der Waals surface area contributed by atoms with E-state index in [1.807, 2.05) is 18.2 Å². The predicted octanol–water partition coefficient (Wildman–Crippen LogP) is 2.26. The number of amides is 2. The molecule has 7 nitrogen and oxygen atoms in total. The van der Waals surface area contributed by atoms with E-state index in [1.165, 1.54) is 19.3 Å². The van der Waals surface area contributed by atoms with Crippen LogP contribution in [-0.4, -0.2) is 37.9 Å². The second-order valence-corrected chi connectivity index (χ2v) is 6.65. The number of methoxy groups -OCH3 is 2. The average molecular weight is 381 g/mol. The van der Waals surface area contributed by atoms with Crippen LogP contribution in [0.2, 0.25) is 0 Å². The quantitative estimate of drug-likeness (QED) is 0.448. The van der Waals surface area contributed by atoms with Gasteiger partial charge in [0.1, 0.15) is 11.5 Å². The van der Waals surface area contributed by atoms with Crippen LogP contribution in [0.4, 0.5) is 4.79 Å². The molecule has 26 heavy (non-hydrogen) atoms. The molecule has 0 aliphatic heterocycles. The van der Waals surface area contributed by atoms with Gasteiger partial charge in [-0.3, -0.25) is 5.43 Å². The van der Waals surface area contributed by atoms with Crippen LogP contribution >= 0.6 is 12.2 Å². The van der Waals surface area contributed by atoms with Gasteiger partial charge in [0.05, 0.1) is 14.2 Å². The highest BCUT2D eigenvalue weighted by molar-refractivity contribution is 7.80. The van der Waals surface area contributed by atoms with Crippen LogP contribution in [0.25, 0.3) is 0 Å². The van der Waals surface area contributed by atoms with E-state index in [0.717, 1.165) is 29.9 Å².